The van der Waals surface area contributed by atoms with Gasteiger partial charge in [0.05, 0.1) is 12.2 Å². The lowest BCUT2D eigenvalue weighted by Gasteiger charge is -2.21. The third kappa shape index (κ3) is 3.77. The monoisotopic (exact) mass is 372 g/mol. The highest BCUT2D eigenvalue weighted by molar-refractivity contribution is 5.95. The average Bonchev–Trinajstić information content (AvgIpc) is 3.09. The smallest absolute Gasteiger partial charge is 0.253 e. The van der Waals surface area contributed by atoms with Crippen molar-refractivity contribution in [2.24, 2.45) is 0 Å². The number of pyridine rings is 1. The largest absolute Gasteiger partial charge is 0.488 e. The lowest BCUT2D eigenvalue weighted by Crippen LogP contribution is -2.36. The third-order valence-corrected chi connectivity index (χ3v) is 5.04. The molecular weight excluding hydrogens is 348 g/mol. The van der Waals surface area contributed by atoms with Crippen LogP contribution in [0, 0.1) is 13.8 Å². The van der Waals surface area contributed by atoms with Gasteiger partial charge >= 0.3 is 0 Å². The van der Waals surface area contributed by atoms with Crippen molar-refractivity contribution in [2.75, 3.05) is 13.6 Å². The summed E-state index contributed by atoms with van der Waals surface area (Å²) in [5.74, 6) is 0.919. The number of carbonyl (C=O) groups is 1. The second kappa shape index (κ2) is 7.47. The Balaban J connectivity index is 1.49. The number of ether oxygens (including phenoxy) is 1. The summed E-state index contributed by atoms with van der Waals surface area (Å²) in [6, 6.07) is 19.8. The minimum atomic E-state index is -0.00854. The number of hydrogen-bond acceptors (Lipinski definition) is 3. The second-order valence-corrected chi connectivity index (χ2v) is 7.49. The van der Waals surface area contributed by atoms with Crippen molar-refractivity contribution in [3.8, 4) is 17.0 Å². The molecule has 1 aliphatic rings. The standard InChI is InChI=1S/C24H24N2O2/c1-16-11-17(2)25-22(12-16)18-8-6-9-20(13-18)24(27)26(3)15-21-14-19-7-4-5-10-23(19)28-21/h4-13,21H,14-15H2,1-3H3/t21-/m1/s1. The molecule has 1 aliphatic heterocycles. The number of likely N-dealkylation sites (N-methyl/N-ethyl adjacent to an activating group) is 1. The minimum absolute atomic E-state index is 0.00405. The van der Waals surface area contributed by atoms with Crippen LogP contribution in [0.2, 0.25) is 0 Å². The normalized spacial score (nSPS) is 15.0. The van der Waals surface area contributed by atoms with Crippen molar-refractivity contribution in [1.82, 2.24) is 9.88 Å². The fourth-order valence-electron chi connectivity index (χ4n) is 3.77. The number of para-hydroxylation sites is 1. The predicted octanol–water partition coefficient (Wildman–Crippen LogP) is 4.44. The van der Waals surface area contributed by atoms with Gasteiger partial charge in [-0.2, -0.15) is 0 Å². The number of amides is 1. The molecule has 2 aromatic carbocycles. The van der Waals surface area contributed by atoms with Crippen molar-refractivity contribution in [3.63, 3.8) is 0 Å². The summed E-state index contributed by atoms with van der Waals surface area (Å²) in [4.78, 5) is 19.3. The summed E-state index contributed by atoms with van der Waals surface area (Å²) in [6.07, 6.45) is 0.830. The van der Waals surface area contributed by atoms with E-state index in [1.165, 1.54) is 5.56 Å². The molecule has 0 spiro atoms. The lowest BCUT2D eigenvalue weighted by atomic mass is 10.0. The first-order valence-electron chi connectivity index (χ1n) is 9.55. The molecule has 3 aromatic rings. The quantitative estimate of drug-likeness (QED) is 0.680. The fraction of sp³-hybridized carbons (Fsp3) is 0.250. The van der Waals surface area contributed by atoms with Crippen LogP contribution < -0.4 is 4.74 Å². The highest BCUT2D eigenvalue weighted by atomic mass is 16.5. The number of benzene rings is 2. The second-order valence-electron chi connectivity index (χ2n) is 7.49. The Morgan fingerprint density at radius 1 is 1.11 bits per heavy atom. The molecule has 1 aromatic heterocycles. The zero-order valence-electron chi connectivity index (χ0n) is 16.5. The van der Waals surface area contributed by atoms with Crippen LogP contribution in [-0.4, -0.2) is 35.5 Å². The fourth-order valence-corrected chi connectivity index (χ4v) is 3.77. The van der Waals surface area contributed by atoms with Crippen LogP contribution in [0.4, 0.5) is 0 Å². The van der Waals surface area contributed by atoms with Gasteiger partial charge < -0.3 is 9.64 Å². The number of hydrogen-bond donors (Lipinski definition) is 0. The van der Waals surface area contributed by atoms with Gasteiger partial charge in [0.25, 0.3) is 5.91 Å². The number of fused-ring (bicyclic) bond motifs is 1. The molecule has 0 aliphatic carbocycles. The Kier molecular flexibility index (Phi) is 4.86. The van der Waals surface area contributed by atoms with Crippen LogP contribution in [-0.2, 0) is 6.42 Å². The van der Waals surface area contributed by atoms with E-state index in [0.29, 0.717) is 12.1 Å². The van der Waals surface area contributed by atoms with Gasteiger partial charge in [0.2, 0.25) is 0 Å². The van der Waals surface area contributed by atoms with Crippen LogP contribution in [0.5, 0.6) is 5.75 Å². The molecule has 2 heterocycles. The van der Waals surface area contributed by atoms with E-state index < -0.39 is 0 Å². The van der Waals surface area contributed by atoms with Gasteiger partial charge in [-0.3, -0.25) is 9.78 Å². The van der Waals surface area contributed by atoms with Gasteiger partial charge in [-0.15, -0.1) is 0 Å². The molecule has 0 saturated carbocycles. The van der Waals surface area contributed by atoms with Crippen molar-refractivity contribution < 1.29 is 9.53 Å². The molecule has 0 radical (unpaired) electrons. The molecule has 0 fully saturated rings. The van der Waals surface area contributed by atoms with Gasteiger partial charge in [0.1, 0.15) is 11.9 Å². The maximum atomic E-state index is 13.0. The van der Waals surface area contributed by atoms with Crippen LogP contribution in [0.25, 0.3) is 11.3 Å². The summed E-state index contributed by atoms with van der Waals surface area (Å²) in [6.45, 7) is 4.60. The zero-order valence-corrected chi connectivity index (χ0v) is 16.5. The molecule has 0 bridgehead atoms. The first-order chi connectivity index (χ1) is 13.5. The average molecular weight is 372 g/mol. The van der Waals surface area contributed by atoms with Gasteiger partial charge in [-0.25, -0.2) is 0 Å². The molecule has 4 nitrogen and oxygen atoms in total. The third-order valence-electron chi connectivity index (χ3n) is 5.04. The minimum Gasteiger partial charge on any atom is -0.488 e. The molecule has 0 saturated heterocycles. The van der Waals surface area contributed by atoms with Crippen molar-refractivity contribution in [1.29, 1.82) is 0 Å². The summed E-state index contributed by atoms with van der Waals surface area (Å²) in [5, 5.41) is 0. The molecule has 4 rings (SSSR count). The summed E-state index contributed by atoms with van der Waals surface area (Å²) in [5.41, 5.74) is 5.85. The number of aromatic nitrogens is 1. The van der Waals surface area contributed by atoms with E-state index in [0.717, 1.165) is 34.7 Å². The molecule has 1 atom stereocenters. The van der Waals surface area contributed by atoms with Crippen LogP contribution in [0.1, 0.15) is 27.2 Å². The van der Waals surface area contributed by atoms with E-state index >= 15 is 0 Å². The Bertz CT molecular complexity index is 983. The topological polar surface area (TPSA) is 42.4 Å². The van der Waals surface area contributed by atoms with E-state index in [2.05, 4.69) is 18.0 Å². The van der Waals surface area contributed by atoms with Crippen LogP contribution >= 0.6 is 0 Å². The van der Waals surface area contributed by atoms with Crippen molar-refractivity contribution >= 4 is 5.91 Å². The number of carbonyl (C=O) groups excluding carboxylic acids is 1. The van der Waals surface area contributed by atoms with E-state index in [4.69, 9.17) is 4.74 Å². The van der Waals surface area contributed by atoms with Gasteiger partial charge in [-0.05, 0) is 55.3 Å². The predicted molar refractivity (Wildman–Crippen MR) is 111 cm³/mol. The molecule has 142 valence electrons. The maximum Gasteiger partial charge on any atom is 0.253 e. The van der Waals surface area contributed by atoms with E-state index in [-0.39, 0.29) is 12.0 Å². The molecular formula is C24H24N2O2. The zero-order chi connectivity index (χ0) is 19.7. The Labute approximate surface area is 165 Å². The van der Waals surface area contributed by atoms with Gasteiger partial charge in [-0.1, -0.05) is 30.3 Å². The Hall–Kier alpha value is -3.14. The molecule has 28 heavy (non-hydrogen) atoms. The number of nitrogens with zero attached hydrogens (tertiary/aromatic N) is 2. The Morgan fingerprint density at radius 2 is 1.93 bits per heavy atom. The molecule has 1 amide bonds. The Morgan fingerprint density at radius 3 is 2.71 bits per heavy atom. The number of rotatable bonds is 4. The first-order valence-corrected chi connectivity index (χ1v) is 9.55. The van der Waals surface area contributed by atoms with Crippen LogP contribution in [0.15, 0.2) is 60.7 Å². The van der Waals surface area contributed by atoms with Gasteiger partial charge in [0, 0.05) is 30.3 Å². The van der Waals surface area contributed by atoms with E-state index in [9.17, 15) is 4.79 Å². The van der Waals surface area contributed by atoms with Gasteiger partial charge in [0.15, 0.2) is 0 Å². The molecule has 4 heteroatoms. The molecule has 0 unspecified atom stereocenters. The lowest BCUT2D eigenvalue weighted by molar-refractivity contribution is 0.0730. The van der Waals surface area contributed by atoms with E-state index in [1.54, 1.807) is 4.90 Å². The van der Waals surface area contributed by atoms with Crippen LogP contribution in [0.3, 0.4) is 0 Å². The summed E-state index contributed by atoms with van der Waals surface area (Å²) >= 11 is 0. The maximum absolute atomic E-state index is 13.0. The number of aryl methyl sites for hydroxylation is 2. The molecule has 0 N–H and O–H groups in total. The highest BCUT2D eigenvalue weighted by Gasteiger charge is 2.25. The van der Waals surface area contributed by atoms with Crippen molar-refractivity contribution in [2.45, 2.75) is 26.4 Å². The summed E-state index contributed by atoms with van der Waals surface area (Å²) in [7, 11) is 1.83. The highest BCUT2D eigenvalue weighted by Crippen LogP contribution is 2.28. The van der Waals surface area contributed by atoms with E-state index in [1.807, 2.05) is 68.6 Å². The SMILES string of the molecule is Cc1cc(C)nc(-c2cccc(C(=O)N(C)C[C@H]3Cc4ccccc4O3)c2)c1. The van der Waals surface area contributed by atoms with Crippen molar-refractivity contribution in [3.05, 3.63) is 83.0 Å². The first kappa shape index (κ1) is 18.2. The summed E-state index contributed by atoms with van der Waals surface area (Å²) < 4.78 is 5.98.